The first kappa shape index (κ1) is 25.3. The predicted molar refractivity (Wildman–Crippen MR) is 145 cm³/mol. The van der Waals surface area contributed by atoms with Crippen LogP contribution in [0, 0.1) is 11.3 Å². The topological polar surface area (TPSA) is 65.8 Å². The van der Waals surface area contributed by atoms with Crippen LogP contribution in [0.5, 0.6) is 11.5 Å². The van der Waals surface area contributed by atoms with Gasteiger partial charge in [-0.25, -0.2) is 0 Å². The highest BCUT2D eigenvalue weighted by Crippen LogP contribution is 2.35. The Labute approximate surface area is 220 Å². The molecule has 1 fully saturated rings. The van der Waals surface area contributed by atoms with Crippen LogP contribution in [0.1, 0.15) is 18.1 Å². The van der Waals surface area contributed by atoms with Gasteiger partial charge in [0.1, 0.15) is 18.2 Å². The van der Waals surface area contributed by atoms with Crippen molar-refractivity contribution in [2.75, 3.05) is 37.7 Å². The number of piperazine rings is 1. The minimum Gasteiger partial charge on any atom is -0.490 e. The zero-order valence-electron chi connectivity index (χ0n) is 20.2. The minimum atomic E-state index is -0.264. The Morgan fingerprint density at radius 3 is 2.25 bits per heavy atom. The van der Waals surface area contributed by atoms with E-state index in [0.29, 0.717) is 47.8 Å². The van der Waals surface area contributed by atoms with Gasteiger partial charge in [-0.3, -0.25) is 4.79 Å². The number of hydrogen-bond acceptors (Lipinski definition) is 5. The summed E-state index contributed by atoms with van der Waals surface area (Å²) in [4.78, 5) is 17.2. The van der Waals surface area contributed by atoms with Gasteiger partial charge in [0.15, 0.2) is 11.5 Å². The number of rotatable bonds is 8. The van der Waals surface area contributed by atoms with E-state index in [1.165, 1.54) is 0 Å². The molecule has 3 aromatic carbocycles. The monoisotopic (exact) mass is 545 g/mol. The third-order valence-corrected chi connectivity index (χ3v) is 6.63. The molecule has 1 aliphatic rings. The lowest BCUT2D eigenvalue weighted by molar-refractivity contribution is -0.126. The van der Waals surface area contributed by atoms with Gasteiger partial charge in [0, 0.05) is 36.3 Å². The first-order valence-electron chi connectivity index (χ1n) is 11.9. The molecule has 7 heteroatoms. The lowest BCUT2D eigenvalue weighted by Crippen LogP contribution is -2.49. The number of hydrogen-bond donors (Lipinski definition) is 0. The summed E-state index contributed by atoms with van der Waals surface area (Å²) in [6.07, 6.45) is 1.61. The maximum Gasteiger partial charge on any atom is 0.264 e. The molecule has 184 valence electrons. The molecule has 4 rings (SSSR count). The van der Waals surface area contributed by atoms with Crippen molar-refractivity contribution in [1.29, 1.82) is 5.26 Å². The van der Waals surface area contributed by atoms with Crippen LogP contribution in [0.2, 0.25) is 0 Å². The maximum absolute atomic E-state index is 13.2. The number of carbonyl (C=O) groups excluding carboxylic acids is 1. The summed E-state index contributed by atoms with van der Waals surface area (Å²) in [5, 5.41) is 9.80. The number of halogens is 1. The fraction of sp³-hybridized carbons (Fsp3) is 0.241. The fourth-order valence-corrected chi connectivity index (χ4v) is 4.49. The number of benzene rings is 3. The van der Waals surface area contributed by atoms with E-state index in [1.54, 1.807) is 17.0 Å². The molecular formula is C29H28BrN3O3. The zero-order valence-corrected chi connectivity index (χ0v) is 21.8. The van der Waals surface area contributed by atoms with Crippen molar-refractivity contribution in [2.24, 2.45) is 0 Å². The van der Waals surface area contributed by atoms with E-state index in [4.69, 9.17) is 9.47 Å². The van der Waals surface area contributed by atoms with Crippen molar-refractivity contribution in [3.63, 3.8) is 0 Å². The van der Waals surface area contributed by atoms with Crippen LogP contribution in [0.4, 0.5) is 5.69 Å². The highest BCUT2D eigenvalue weighted by Gasteiger charge is 2.24. The molecule has 3 aromatic rings. The van der Waals surface area contributed by atoms with Gasteiger partial charge in [0.05, 0.1) is 6.61 Å². The molecule has 0 aliphatic carbocycles. The largest absolute Gasteiger partial charge is 0.490 e. The van der Waals surface area contributed by atoms with Gasteiger partial charge in [-0.1, -0.05) is 64.5 Å². The van der Waals surface area contributed by atoms with E-state index < -0.39 is 0 Å². The van der Waals surface area contributed by atoms with Gasteiger partial charge in [-0.2, -0.15) is 5.26 Å². The minimum absolute atomic E-state index is 0.0873. The van der Waals surface area contributed by atoms with Crippen LogP contribution in [0.3, 0.4) is 0 Å². The Balaban J connectivity index is 1.49. The summed E-state index contributed by atoms with van der Waals surface area (Å²) in [6.45, 7) is 5.33. The molecule has 1 saturated heterocycles. The van der Waals surface area contributed by atoms with Gasteiger partial charge in [-0.05, 0) is 48.4 Å². The fourth-order valence-electron chi connectivity index (χ4n) is 4.05. The number of anilines is 1. The summed E-state index contributed by atoms with van der Waals surface area (Å²) in [6, 6.07) is 25.7. The van der Waals surface area contributed by atoms with Crippen molar-refractivity contribution in [3.8, 4) is 17.6 Å². The zero-order chi connectivity index (χ0) is 25.3. The van der Waals surface area contributed by atoms with Crippen LogP contribution in [-0.2, 0) is 11.4 Å². The van der Waals surface area contributed by atoms with E-state index >= 15 is 0 Å². The van der Waals surface area contributed by atoms with Gasteiger partial charge in [0.25, 0.3) is 5.91 Å². The summed E-state index contributed by atoms with van der Waals surface area (Å²) in [5.41, 5.74) is 2.95. The highest BCUT2D eigenvalue weighted by molar-refractivity contribution is 9.10. The number of carbonyl (C=O) groups is 1. The first-order valence-corrected chi connectivity index (χ1v) is 12.7. The molecule has 0 atom stereocenters. The van der Waals surface area contributed by atoms with Crippen LogP contribution < -0.4 is 14.4 Å². The number of amides is 1. The lowest BCUT2D eigenvalue weighted by atomic mass is 10.1. The second-order valence-electron chi connectivity index (χ2n) is 8.31. The normalized spacial score (nSPS) is 13.8. The highest BCUT2D eigenvalue weighted by atomic mass is 79.9. The molecule has 1 aliphatic heterocycles. The second kappa shape index (κ2) is 12.3. The predicted octanol–water partition coefficient (Wildman–Crippen LogP) is 5.68. The Hall–Kier alpha value is -3.76. The summed E-state index contributed by atoms with van der Waals surface area (Å²) >= 11 is 3.57. The summed E-state index contributed by atoms with van der Waals surface area (Å²) in [5.74, 6) is 0.884. The van der Waals surface area contributed by atoms with Crippen LogP contribution in [0.25, 0.3) is 6.08 Å². The van der Waals surface area contributed by atoms with Crippen molar-refractivity contribution in [1.82, 2.24) is 4.90 Å². The molecule has 0 aromatic heterocycles. The van der Waals surface area contributed by atoms with Crippen molar-refractivity contribution < 1.29 is 14.3 Å². The molecular weight excluding hydrogens is 518 g/mol. The summed E-state index contributed by atoms with van der Waals surface area (Å²) in [7, 11) is 0. The van der Waals surface area contributed by atoms with E-state index in [1.807, 2.05) is 61.5 Å². The van der Waals surface area contributed by atoms with E-state index in [0.717, 1.165) is 24.3 Å². The molecule has 1 heterocycles. The van der Waals surface area contributed by atoms with Crippen LogP contribution in [0.15, 0.2) is 82.8 Å². The number of nitriles is 1. The molecule has 0 bridgehead atoms. The molecule has 36 heavy (non-hydrogen) atoms. The van der Waals surface area contributed by atoms with Gasteiger partial charge >= 0.3 is 0 Å². The van der Waals surface area contributed by atoms with Crippen molar-refractivity contribution in [2.45, 2.75) is 13.5 Å². The van der Waals surface area contributed by atoms with Crippen molar-refractivity contribution >= 4 is 33.6 Å². The first-order chi connectivity index (χ1) is 17.6. The Bertz CT molecular complexity index is 1250. The second-order valence-corrected chi connectivity index (χ2v) is 9.17. The Morgan fingerprint density at radius 2 is 1.61 bits per heavy atom. The molecule has 0 radical (unpaired) electrons. The third kappa shape index (κ3) is 6.27. The molecule has 0 saturated carbocycles. The Kier molecular flexibility index (Phi) is 8.64. The quantitative estimate of drug-likeness (QED) is 0.269. The number of para-hydroxylation sites is 1. The standard InChI is InChI=1S/C29H28BrN3O3/c1-2-35-27-18-23(26(30)19-28(27)36-21-22-9-5-3-6-10-22)17-24(20-31)29(34)33-15-13-32(14-16-33)25-11-7-4-8-12-25/h3-12,17-19H,2,13-16,21H2,1H3/b24-17-. The third-order valence-electron chi connectivity index (χ3n) is 5.94. The SMILES string of the molecule is CCOc1cc(/C=C(/C#N)C(=O)N2CCN(c3ccccc3)CC2)c(Br)cc1OCc1ccccc1. The molecule has 6 nitrogen and oxygen atoms in total. The van der Waals surface area contributed by atoms with E-state index in [-0.39, 0.29) is 11.5 Å². The molecule has 0 N–H and O–H groups in total. The molecule has 0 spiro atoms. The average molecular weight is 546 g/mol. The molecule has 1 amide bonds. The van der Waals surface area contributed by atoms with Gasteiger partial charge in [-0.15, -0.1) is 0 Å². The average Bonchev–Trinajstić information content (AvgIpc) is 2.93. The Morgan fingerprint density at radius 1 is 0.972 bits per heavy atom. The van der Waals surface area contributed by atoms with E-state index in [2.05, 4.69) is 39.0 Å². The number of nitrogens with zero attached hydrogens (tertiary/aromatic N) is 3. The molecule has 0 unspecified atom stereocenters. The van der Waals surface area contributed by atoms with E-state index in [9.17, 15) is 10.1 Å². The summed E-state index contributed by atoms with van der Waals surface area (Å²) < 4.78 is 12.5. The smallest absolute Gasteiger partial charge is 0.264 e. The van der Waals surface area contributed by atoms with Gasteiger partial charge in [0.2, 0.25) is 0 Å². The van der Waals surface area contributed by atoms with Crippen molar-refractivity contribution in [3.05, 3.63) is 94.0 Å². The van der Waals surface area contributed by atoms with Crippen LogP contribution >= 0.6 is 15.9 Å². The maximum atomic E-state index is 13.2. The lowest BCUT2D eigenvalue weighted by Gasteiger charge is -2.36. The van der Waals surface area contributed by atoms with Gasteiger partial charge < -0.3 is 19.3 Å². The van der Waals surface area contributed by atoms with Crippen LogP contribution in [-0.4, -0.2) is 43.6 Å². The number of ether oxygens (including phenoxy) is 2.